The van der Waals surface area contributed by atoms with Crippen molar-refractivity contribution in [2.45, 2.75) is 20.4 Å². The van der Waals surface area contributed by atoms with Crippen LogP contribution in [0.5, 0.6) is 0 Å². The van der Waals surface area contributed by atoms with E-state index in [2.05, 4.69) is 50.2 Å². The van der Waals surface area contributed by atoms with Crippen molar-refractivity contribution in [2.24, 2.45) is 5.73 Å². The van der Waals surface area contributed by atoms with Crippen molar-refractivity contribution < 1.29 is 0 Å². The van der Waals surface area contributed by atoms with Crippen molar-refractivity contribution >= 4 is 0 Å². The van der Waals surface area contributed by atoms with E-state index < -0.39 is 0 Å². The first-order chi connectivity index (χ1) is 7.72. The van der Waals surface area contributed by atoms with Crippen LogP contribution in [0.1, 0.15) is 16.7 Å². The van der Waals surface area contributed by atoms with Crippen LogP contribution in [-0.4, -0.2) is 0 Å². The van der Waals surface area contributed by atoms with Crippen LogP contribution in [0.2, 0.25) is 0 Å². The smallest absolute Gasteiger partial charge is 0.0181 e. The number of aryl methyl sites for hydroxylation is 1. The van der Waals surface area contributed by atoms with Crippen LogP contribution in [0.15, 0.2) is 42.5 Å². The van der Waals surface area contributed by atoms with E-state index in [1.807, 2.05) is 6.07 Å². The second-order valence-electron chi connectivity index (χ2n) is 4.15. The summed E-state index contributed by atoms with van der Waals surface area (Å²) >= 11 is 0. The Balaban J connectivity index is 2.55. The minimum Gasteiger partial charge on any atom is -0.326 e. The summed E-state index contributed by atoms with van der Waals surface area (Å²) in [5, 5.41) is 0. The van der Waals surface area contributed by atoms with Crippen LogP contribution in [0, 0.1) is 13.8 Å². The first-order valence-electron chi connectivity index (χ1n) is 5.58. The van der Waals surface area contributed by atoms with E-state index in [0.29, 0.717) is 6.54 Å². The average Bonchev–Trinajstić information content (AvgIpc) is 2.33. The predicted octanol–water partition coefficient (Wildman–Crippen LogP) is 3.43. The molecule has 0 bridgehead atoms. The largest absolute Gasteiger partial charge is 0.326 e. The van der Waals surface area contributed by atoms with Gasteiger partial charge in [-0.1, -0.05) is 36.4 Å². The van der Waals surface area contributed by atoms with Gasteiger partial charge in [-0.25, -0.2) is 0 Å². The summed E-state index contributed by atoms with van der Waals surface area (Å²) in [6.07, 6.45) is 0. The number of hydrogen-bond donors (Lipinski definition) is 1. The van der Waals surface area contributed by atoms with E-state index in [-0.39, 0.29) is 0 Å². The van der Waals surface area contributed by atoms with Crippen LogP contribution >= 0.6 is 0 Å². The van der Waals surface area contributed by atoms with E-state index >= 15 is 0 Å². The minimum atomic E-state index is 0.605. The maximum absolute atomic E-state index is 5.77. The molecule has 0 aromatic heterocycles. The molecule has 2 aromatic rings. The van der Waals surface area contributed by atoms with Crippen molar-refractivity contribution in [3.05, 3.63) is 59.2 Å². The third kappa shape index (κ3) is 2.00. The summed E-state index contributed by atoms with van der Waals surface area (Å²) in [5.74, 6) is 0. The summed E-state index contributed by atoms with van der Waals surface area (Å²) in [4.78, 5) is 0. The lowest BCUT2D eigenvalue weighted by Gasteiger charge is -2.10. The van der Waals surface area contributed by atoms with Crippen molar-refractivity contribution in [1.29, 1.82) is 0 Å². The zero-order chi connectivity index (χ0) is 11.5. The molecule has 0 atom stereocenters. The zero-order valence-corrected chi connectivity index (χ0v) is 9.83. The number of nitrogens with two attached hydrogens (primary N) is 1. The minimum absolute atomic E-state index is 0.605. The van der Waals surface area contributed by atoms with Crippen LogP contribution in [0.4, 0.5) is 0 Å². The van der Waals surface area contributed by atoms with Crippen molar-refractivity contribution in [3.63, 3.8) is 0 Å². The predicted molar refractivity (Wildman–Crippen MR) is 69.2 cm³/mol. The highest BCUT2D eigenvalue weighted by molar-refractivity contribution is 5.66. The van der Waals surface area contributed by atoms with Gasteiger partial charge in [0, 0.05) is 6.54 Å². The van der Waals surface area contributed by atoms with Crippen LogP contribution in [0.3, 0.4) is 0 Å². The molecule has 0 radical (unpaired) electrons. The SMILES string of the molecule is Cc1cc(-c2ccccc2)cc(CN)c1C. The first kappa shape index (κ1) is 10.9. The third-order valence-corrected chi connectivity index (χ3v) is 3.10. The normalized spacial score (nSPS) is 10.4. The van der Waals surface area contributed by atoms with Crippen LogP contribution in [-0.2, 0) is 6.54 Å². The molecule has 0 fully saturated rings. The van der Waals surface area contributed by atoms with E-state index in [4.69, 9.17) is 5.73 Å². The fourth-order valence-electron chi connectivity index (χ4n) is 1.94. The van der Waals surface area contributed by atoms with Crippen LogP contribution < -0.4 is 5.73 Å². The molecule has 1 nitrogen and oxygen atoms in total. The molecule has 0 amide bonds. The molecule has 82 valence electrons. The van der Waals surface area contributed by atoms with Gasteiger partial charge in [-0.3, -0.25) is 0 Å². The Morgan fingerprint density at radius 3 is 2.25 bits per heavy atom. The molecule has 0 saturated carbocycles. The second-order valence-corrected chi connectivity index (χ2v) is 4.15. The van der Waals surface area contributed by atoms with E-state index in [0.717, 1.165) is 0 Å². The van der Waals surface area contributed by atoms with Gasteiger partial charge in [-0.05, 0) is 47.7 Å². The van der Waals surface area contributed by atoms with Crippen molar-refractivity contribution in [3.8, 4) is 11.1 Å². The fraction of sp³-hybridized carbons (Fsp3) is 0.200. The molecule has 0 aliphatic rings. The van der Waals surface area contributed by atoms with E-state index in [9.17, 15) is 0 Å². The lowest BCUT2D eigenvalue weighted by Crippen LogP contribution is -2.01. The molecule has 1 heteroatoms. The Labute approximate surface area is 96.9 Å². The van der Waals surface area contributed by atoms with Gasteiger partial charge in [0.1, 0.15) is 0 Å². The average molecular weight is 211 g/mol. The van der Waals surface area contributed by atoms with E-state index in [1.165, 1.54) is 27.8 Å². The standard InChI is InChI=1S/C15H17N/c1-11-8-14(9-15(10-16)12(11)2)13-6-4-3-5-7-13/h3-9H,10,16H2,1-2H3. The molecule has 0 heterocycles. The summed E-state index contributed by atoms with van der Waals surface area (Å²) < 4.78 is 0. The third-order valence-electron chi connectivity index (χ3n) is 3.10. The fourth-order valence-corrected chi connectivity index (χ4v) is 1.94. The summed E-state index contributed by atoms with van der Waals surface area (Å²) in [6.45, 7) is 4.88. The molecule has 2 aromatic carbocycles. The first-order valence-corrected chi connectivity index (χ1v) is 5.58. The monoisotopic (exact) mass is 211 g/mol. The molecule has 0 saturated heterocycles. The Kier molecular flexibility index (Phi) is 3.07. The second kappa shape index (κ2) is 4.50. The van der Waals surface area contributed by atoms with Gasteiger partial charge in [0.2, 0.25) is 0 Å². The van der Waals surface area contributed by atoms with E-state index in [1.54, 1.807) is 0 Å². The molecule has 2 rings (SSSR count). The molecular weight excluding hydrogens is 194 g/mol. The lowest BCUT2D eigenvalue weighted by atomic mass is 9.96. The summed E-state index contributed by atoms with van der Waals surface area (Å²) in [5.41, 5.74) is 12.1. The van der Waals surface area contributed by atoms with Gasteiger partial charge in [0.15, 0.2) is 0 Å². The number of hydrogen-bond acceptors (Lipinski definition) is 1. The Morgan fingerprint density at radius 2 is 1.62 bits per heavy atom. The summed E-state index contributed by atoms with van der Waals surface area (Å²) in [6, 6.07) is 14.8. The molecule has 0 unspecified atom stereocenters. The van der Waals surface area contributed by atoms with Gasteiger partial charge < -0.3 is 5.73 Å². The molecule has 2 N–H and O–H groups in total. The highest BCUT2D eigenvalue weighted by Gasteiger charge is 2.04. The van der Waals surface area contributed by atoms with Gasteiger partial charge in [-0.15, -0.1) is 0 Å². The highest BCUT2D eigenvalue weighted by Crippen LogP contribution is 2.24. The highest BCUT2D eigenvalue weighted by atomic mass is 14.5. The molecule has 0 aliphatic heterocycles. The van der Waals surface area contributed by atoms with Gasteiger partial charge in [0.05, 0.1) is 0 Å². The molecule has 16 heavy (non-hydrogen) atoms. The van der Waals surface area contributed by atoms with Gasteiger partial charge in [0.25, 0.3) is 0 Å². The van der Waals surface area contributed by atoms with Gasteiger partial charge in [-0.2, -0.15) is 0 Å². The number of benzene rings is 2. The lowest BCUT2D eigenvalue weighted by molar-refractivity contribution is 1.04. The van der Waals surface area contributed by atoms with Crippen molar-refractivity contribution in [1.82, 2.24) is 0 Å². The van der Waals surface area contributed by atoms with Crippen molar-refractivity contribution in [2.75, 3.05) is 0 Å². The Hall–Kier alpha value is -1.60. The van der Waals surface area contributed by atoms with Gasteiger partial charge >= 0.3 is 0 Å². The zero-order valence-electron chi connectivity index (χ0n) is 9.83. The number of rotatable bonds is 2. The summed E-state index contributed by atoms with van der Waals surface area (Å²) in [7, 11) is 0. The Morgan fingerprint density at radius 1 is 0.938 bits per heavy atom. The maximum atomic E-state index is 5.77. The molecule has 0 spiro atoms. The topological polar surface area (TPSA) is 26.0 Å². The Bertz CT molecular complexity index is 486. The molecule has 0 aliphatic carbocycles. The maximum Gasteiger partial charge on any atom is 0.0181 e. The van der Waals surface area contributed by atoms with Crippen LogP contribution in [0.25, 0.3) is 11.1 Å². The quantitative estimate of drug-likeness (QED) is 0.809. The molecular formula is C15H17N.